The first-order chi connectivity index (χ1) is 9.82. The summed E-state index contributed by atoms with van der Waals surface area (Å²) in [6.07, 6.45) is 1.09. The molecule has 1 aromatic rings. The molecule has 0 aromatic heterocycles. The van der Waals surface area contributed by atoms with Gasteiger partial charge in [0.25, 0.3) is 10.0 Å². The maximum Gasteiger partial charge on any atom is 0.264 e. The van der Waals surface area contributed by atoms with Crippen LogP contribution in [0.3, 0.4) is 0 Å². The summed E-state index contributed by atoms with van der Waals surface area (Å²) in [4.78, 5) is 12.4. The molecule has 0 spiro atoms. The quantitative estimate of drug-likeness (QED) is 0.844. The van der Waals surface area contributed by atoms with E-state index in [-0.39, 0.29) is 22.6 Å². The van der Waals surface area contributed by atoms with Crippen LogP contribution in [0.15, 0.2) is 40.4 Å². The number of rotatable bonds is 2. The van der Waals surface area contributed by atoms with Crippen LogP contribution in [-0.2, 0) is 14.8 Å². The zero-order valence-electron chi connectivity index (χ0n) is 12.5. The molecule has 0 amide bonds. The van der Waals surface area contributed by atoms with Gasteiger partial charge in [0.05, 0.1) is 10.6 Å². The third-order valence-corrected chi connectivity index (χ3v) is 6.30. The summed E-state index contributed by atoms with van der Waals surface area (Å²) in [6.45, 7) is 5.77. The van der Waals surface area contributed by atoms with Crippen molar-refractivity contribution < 1.29 is 13.2 Å². The van der Waals surface area contributed by atoms with Gasteiger partial charge in [-0.3, -0.25) is 9.10 Å². The number of nitrogens with zero attached hydrogens (tertiary/aromatic N) is 1. The molecule has 0 radical (unpaired) electrons. The highest BCUT2D eigenvalue weighted by atomic mass is 32.2. The van der Waals surface area contributed by atoms with E-state index in [4.69, 9.17) is 0 Å². The van der Waals surface area contributed by atoms with Crippen molar-refractivity contribution in [3.05, 3.63) is 41.1 Å². The molecule has 112 valence electrons. The van der Waals surface area contributed by atoms with E-state index in [1.807, 2.05) is 20.8 Å². The minimum Gasteiger partial charge on any atom is -0.292 e. The van der Waals surface area contributed by atoms with E-state index in [1.54, 1.807) is 24.3 Å². The number of hydrogen-bond donors (Lipinski definition) is 0. The fourth-order valence-corrected chi connectivity index (χ4v) is 4.99. The molecule has 3 rings (SSSR count). The molecule has 1 aliphatic heterocycles. The van der Waals surface area contributed by atoms with Crippen LogP contribution in [0.5, 0.6) is 0 Å². The molecule has 0 fully saturated rings. The average molecular weight is 305 g/mol. The van der Waals surface area contributed by atoms with Crippen LogP contribution in [0.4, 0.5) is 0 Å². The number of Topliss-reactive ketones (excluding diaryl/α,β-unsaturated/α-hetero) is 1. The molecule has 1 aliphatic carbocycles. The van der Waals surface area contributed by atoms with Crippen molar-refractivity contribution in [3.63, 3.8) is 0 Å². The Balaban J connectivity index is 2.08. The number of ketones is 1. The lowest BCUT2D eigenvalue weighted by Gasteiger charge is -2.26. The monoisotopic (exact) mass is 305 g/mol. The van der Waals surface area contributed by atoms with Gasteiger partial charge in [0, 0.05) is 12.5 Å². The van der Waals surface area contributed by atoms with Gasteiger partial charge in [-0.2, -0.15) is 0 Å². The predicted molar refractivity (Wildman–Crippen MR) is 80.1 cm³/mol. The molecule has 1 aromatic carbocycles. The number of hydrogen-bond acceptors (Lipinski definition) is 3. The van der Waals surface area contributed by atoms with Crippen molar-refractivity contribution in [2.75, 3.05) is 0 Å². The molecule has 0 saturated heterocycles. The zero-order valence-corrected chi connectivity index (χ0v) is 13.3. The highest BCUT2D eigenvalue weighted by Crippen LogP contribution is 2.43. The topological polar surface area (TPSA) is 54.5 Å². The Morgan fingerprint density at radius 3 is 2.33 bits per heavy atom. The van der Waals surface area contributed by atoms with E-state index < -0.39 is 10.0 Å². The standard InChI is InChI=1S/C16H19NO3S/c1-10-4-6-13(7-5-10)21(19,20)17-12(3)9-14-11(2)8-15(18)16(14)17/h4-7,11-12H,8-9H2,1-3H3/t11-,12-/m1/s1. The van der Waals surface area contributed by atoms with Gasteiger partial charge in [0.2, 0.25) is 0 Å². The Labute approximate surface area is 125 Å². The number of carbonyl (C=O) groups excluding carboxylic acids is 1. The fourth-order valence-electron chi connectivity index (χ4n) is 3.28. The van der Waals surface area contributed by atoms with Gasteiger partial charge in [-0.15, -0.1) is 0 Å². The minimum atomic E-state index is -3.66. The Kier molecular flexibility index (Phi) is 3.20. The molecule has 1 heterocycles. The molecule has 0 bridgehead atoms. The number of allylic oxidation sites excluding steroid dienone is 1. The molecular weight excluding hydrogens is 286 g/mol. The zero-order chi connectivity index (χ0) is 15.4. The van der Waals surface area contributed by atoms with Gasteiger partial charge in [0.1, 0.15) is 0 Å². The number of benzene rings is 1. The van der Waals surface area contributed by atoms with E-state index in [2.05, 4.69) is 0 Å². The summed E-state index contributed by atoms with van der Waals surface area (Å²) in [6, 6.07) is 6.59. The Hall–Kier alpha value is -1.62. The van der Waals surface area contributed by atoms with Crippen LogP contribution in [0.25, 0.3) is 0 Å². The van der Waals surface area contributed by atoms with Crippen LogP contribution in [-0.4, -0.2) is 24.5 Å². The maximum absolute atomic E-state index is 12.9. The third kappa shape index (κ3) is 2.11. The van der Waals surface area contributed by atoms with Crippen molar-refractivity contribution in [1.29, 1.82) is 0 Å². The van der Waals surface area contributed by atoms with Crippen LogP contribution in [0.2, 0.25) is 0 Å². The summed E-state index contributed by atoms with van der Waals surface area (Å²) >= 11 is 0. The number of sulfonamides is 1. The smallest absolute Gasteiger partial charge is 0.264 e. The summed E-state index contributed by atoms with van der Waals surface area (Å²) in [7, 11) is -3.66. The lowest BCUT2D eigenvalue weighted by atomic mass is 10.00. The SMILES string of the molecule is Cc1ccc(S(=O)(=O)N2C3=C(C[C@H]2C)[C@H](C)CC3=O)cc1. The van der Waals surface area contributed by atoms with Gasteiger partial charge in [0.15, 0.2) is 5.78 Å². The molecule has 21 heavy (non-hydrogen) atoms. The molecule has 0 unspecified atom stereocenters. The van der Waals surface area contributed by atoms with Crippen LogP contribution in [0, 0.1) is 12.8 Å². The molecule has 0 saturated carbocycles. The lowest BCUT2D eigenvalue weighted by molar-refractivity contribution is -0.116. The second-order valence-corrected chi connectivity index (χ2v) is 7.88. The highest BCUT2D eigenvalue weighted by Gasteiger charge is 2.45. The number of carbonyl (C=O) groups is 1. The minimum absolute atomic E-state index is 0.0439. The van der Waals surface area contributed by atoms with Crippen molar-refractivity contribution in [1.82, 2.24) is 4.31 Å². The van der Waals surface area contributed by atoms with Crippen molar-refractivity contribution in [3.8, 4) is 0 Å². The maximum atomic E-state index is 12.9. The van der Waals surface area contributed by atoms with Crippen LogP contribution in [0.1, 0.15) is 32.3 Å². The molecule has 2 aliphatic rings. The molecular formula is C16H19NO3S. The van der Waals surface area contributed by atoms with E-state index >= 15 is 0 Å². The lowest BCUT2D eigenvalue weighted by Crippen LogP contribution is -2.36. The molecule has 4 nitrogen and oxygen atoms in total. The molecule has 0 N–H and O–H groups in total. The molecule has 5 heteroatoms. The normalized spacial score (nSPS) is 25.7. The second-order valence-electron chi connectivity index (χ2n) is 6.07. The number of aryl methyl sites for hydroxylation is 1. The first kappa shape index (κ1) is 14.3. The summed E-state index contributed by atoms with van der Waals surface area (Å²) in [5.41, 5.74) is 2.44. The average Bonchev–Trinajstić information content (AvgIpc) is 2.88. The summed E-state index contributed by atoms with van der Waals surface area (Å²) < 4.78 is 27.1. The first-order valence-electron chi connectivity index (χ1n) is 7.19. The van der Waals surface area contributed by atoms with Crippen molar-refractivity contribution in [2.24, 2.45) is 5.92 Å². The second kappa shape index (κ2) is 4.70. The fraction of sp³-hybridized carbons (Fsp3) is 0.438. The van der Waals surface area contributed by atoms with Gasteiger partial charge >= 0.3 is 0 Å². The van der Waals surface area contributed by atoms with E-state index in [0.717, 1.165) is 11.1 Å². The first-order valence-corrected chi connectivity index (χ1v) is 8.63. The van der Waals surface area contributed by atoms with Gasteiger partial charge in [-0.1, -0.05) is 24.6 Å². The van der Waals surface area contributed by atoms with Crippen molar-refractivity contribution >= 4 is 15.8 Å². The summed E-state index contributed by atoms with van der Waals surface area (Å²) in [5, 5.41) is 0. The molecule has 2 atom stereocenters. The summed E-state index contributed by atoms with van der Waals surface area (Å²) in [5.74, 6) is 0.116. The third-order valence-electron chi connectivity index (χ3n) is 4.37. The van der Waals surface area contributed by atoms with E-state index in [0.29, 0.717) is 18.5 Å². The highest BCUT2D eigenvalue weighted by molar-refractivity contribution is 7.89. The Bertz CT molecular complexity index is 731. The van der Waals surface area contributed by atoms with E-state index in [9.17, 15) is 13.2 Å². The van der Waals surface area contributed by atoms with Crippen molar-refractivity contribution in [2.45, 2.75) is 44.6 Å². The Morgan fingerprint density at radius 1 is 1.10 bits per heavy atom. The van der Waals surface area contributed by atoms with Gasteiger partial charge in [-0.25, -0.2) is 8.42 Å². The van der Waals surface area contributed by atoms with Crippen LogP contribution >= 0.6 is 0 Å². The largest absolute Gasteiger partial charge is 0.292 e. The van der Waals surface area contributed by atoms with E-state index in [1.165, 1.54) is 4.31 Å². The van der Waals surface area contributed by atoms with Gasteiger partial charge in [-0.05, 0) is 43.9 Å². The predicted octanol–water partition coefficient (Wildman–Crippen LogP) is 2.64. The Morgan fingerprint density at radius 2 is 1.71 bits per heavy atom. The van der Waals surface area contributed by atoms with Crippen LogP contribution < -0.4 is 0 Å². The van der Waals surface area contributed by atoms with Gasteiger partial charge < -0.3 is 0 Å².